The van der Waals surface area contributed by atoms with Crippen molar-refractivity contribution in [2.24, 2.45) is 5.92 Å². The summed E-state index contributed by atoms with van der Waals surface area (Å²) >= 11 is 1.85. The van der Waals surface area contributed by atoms with Crippen molar-refractivity contribution in [1.29, 1.82) is 0 Å². The van der Waals surface area contributed by atoms with Crippen LogP contribution in [0.4, 0.5) is 0 Å². The third-order valence-corrected chi connectivity index (χ3v) is 6.85. The van der Waals surface area contributed by atoms with Gasteiger partial charge in [-0.05, 0) is 23.1 Å². The van der Waals surface area contributed by atoms with Crippen molar-refractivity contribution in [3.05, 3.63) is 108 Å². The maximum atomic E-state index is 13.3. The lowest BCUT2D eigenvalue weighted by Crippen LogP contribution is -2.36. The first-order valence-electron chi connectivity index (χ1n) is 10.9. The average molecular weight is 432 g/mol. The van der Waals surface area contributed by atoms with Crippen LogP contribution in [-0.2, 0) is 28.4 Å². The van der Waals surface area contributed by atoms with Gasteiger partial charge in [0.15, 0.2) is 0 Å². The van der Waals surface area contributed by atoms with Crippen molar-refractivity contribution in [1.82, 2.24) is 4.90 Å². The zero-order valence-electron chi connectivity index (χ0n) is 17.7. The summed E-state index contributed by atoms with van der Waals surface area (Å²) in [4.78, 5) is 15.3. The van der Waals surface area contributed by atoms with E-state index in [2.05, 4.69) is 48.5 Å². The van der Waals surface area contributed by atoms with E-state index in [1.54, 1.807) is 0 Å². The van der Waals surface area contributed by atoms with Gasteiger partial charge in [-0.3, -0.25) is 4.79 Å². The Kier molecular flexibility index (Phi) is 7.81. The molecule has 0 saturated carbocycles. The predicted octanol–water partition coefficient (Wildman–Crippen LogP) is 5.55. The minimum atomic E-state index is 0.0581. The zero-order valence-corrected chi connectivity index (χ0v) is 18.5. The summed E-state index contributed by atoms with van der Waals surface area (Å²) in [5, 5.41) is 0. The van der Waals surface area contributed by atoms with E-state index in [0.29, 0.717) is 19.8 Å². The van der Waals surface area contributed by atoms with Crippen LogP contribution < -0.4 is 0 Å². The van der Waals surface area contributed by atoms with Crippen LogP contribution in [0.25, 0.3) is 0 Å². The van der Waals surface area contributed by atoms with Crippen LogP contribution in [0, 0.1) is 5.92 Å². The first kappa shape index (κ1) is 21.7. The molecule has 1 heterocycles. The van der Waals surface area contributed by atoms with Crippen molar-refractivity contribution >= 4 is 17.7 Å². The minimum Gasteiger partial charge on any atom is -0.375 e. The van der Waals surface area contributed by atoms with Gasteiger partial charge in [-0.15, -0.1) is 0 Å². The number of amides is 1. The van der Waals surface area contributed by atoms with E-state index in [1.807, 2.05) is 59.1 Å². The number of hydrogen-bond donors (Lipinski definition) is 0. The van der Waals surface area contributed by atoms with Gasteiger partial charge in [0.2, 0.25) is 5.91 Å². The molecule has 0 bridgehead atoms. The number of likely N-dealkylation sites (tertiary alicyclic amines) is 1. The minimum absolute atomic E-state index is 0.0581. The molecule has 1 aliphatic heterocycles. The lowest BCUT2D eigenvalue weighted by atomic mass is 10.1. The van der Waals surface area contributed by atoms with Gasteiger partial charge in [-0.1, -0.05) is 91.0 Å². The van der Waals surface area contributed by atoms with Crippen LogP contribution >= 0.6 is 11.8 Å². The van der Waals surface area contributed by atoms with Crippen LogP contribution in [0.3, 0.4) is 0 Å². The monoisotopic (exact) mass is 431 g/mol. The Morgan fingerprint density at radius 2 is 1.39 bits per heavy atom. The van der Waals surface area contributed by atoms with E-state index in [1.165, 1.54) is 11.1 Å². The Balaban J connectivity index is 1.36. The lowest BCUT2D eigenvalue weighted by molar-refractivity contribution is -0.132. The molecule has 3 aromatic carbocycles. The van der Waals surface area contributed by atoms with E-state index in [0.717, 1.165) is 23.5 Å². The molecule has 0 aliphatic carbocycles. The molecule has 4 rings (SSSR count). The zero-order chi connectivity index (χ0) is 21.3. The first-order chi connectivity index (χ1) is 15.3. The predicted molar refractivity (Wildman–Crippen MR) is 128 cm³/mol. The fraction of sp³-hybridized carbons (Fsp3) is 0.296. The molecule has 2 atom stereocenters. The summed E-state index contributed by atoms with van der Waals surface area (Å²) in [5.41, 5.74) is 3.64. The number of nitrogens with zero attached hydrogens (tertiary/aromatic N) is 1. The molecule has 3 nitrogen and oxygen atoms in total. The van der Waals surface area contributed by atoms with E-state index in [-0.39, 0.29) is 17.9 Å². The van der Waals surface area contributed by atoms with Gasteiger partial charge in [0.05, 0.1) is 19.3 Å². The van der Waals surface area contributed by atoms with Gasteiger partial charge in [0.25, 0.3) is 0 Å². The number of rotatable bonds is 10. The standard InChI is InChI=1S/C27H29NO2S/c29-27-25(21-31-20-24-14-8-3-9-15-24)16-26(19-30-18-23-12-6-2-7-13-23)28(27)17-22-10-4-1-5-11-22/h1-15,25-26H,16-21H2. The van der Waals surface area contributed by atoms with Crippen LogP contribution in [0.15, 0.2) is 91.0 Å². The average Bonchev–Trinajstić information content (AvgIpc) is 3.10. The van der Waals surface area contributed by atoms with Crippen molar-refractivity contribution in [3.8, 4) is 0 Å². The third-order valence-electron chi connectivity index (χ3n) is 5.68. The summed E-state index contributed by atoms with van der Waals surface area (Å²) in [5.74, 6) is 2.12. The van der Waals surface area contributed by atoms with Crippen molar-refractivity contribution in [2.45, 2.75) is 31.4 Å². The molecule has 1 amide bonds. The molecule has 1 saturated heterocycles. The molecule has 0 spiro atoms. The van der Waals surface area contributed by atoms with Crippen LogP contribution in [0.2, 0.25) is 0 Å². The second-order valence-electron chi connectivity index (χ2n) is 8.04. The van der Waals surface area contributed by atoms with Crippen molar-refractivity contribution < 1.29 is 9.53 Å². The van der Waals surface area contributed by atoms with Gasteiger partial charge < -0.3 is 9.64 Å². The van der Waals surface area contributed by atoms with Gasteiger partial charge in [-0.2, -0.15) is 11.8 Å². The number of carbonyl (C=O) groups excluding carboxylic acids is 1. The highest BCUT2D eigenvalue weighted by Crippen LogP contribution is 2.30. The third kappa shape index (κ3) is 6.22. The molecule has 4 heteroatoms. The molecule has 2 unspecified atom stereocenters. The van der Waals surface area contributed by atoms with Gasteiger partial charge in [0, 0.05) is 24.0 Å². The summed E-state index contributed by atoms with van der Waals surface area (Å²) in [6.45, 7) is 1.81. The number of ether oxygens (including phenoxy) is 1. The first-order valence-corrected chi connectivity index (χ1v) is 12.0. The summed E-state index contributed by atoms with van der Waals surface area (Å²) in [6.07, 6.45) is 0.863. The molecule has 160 valence electrons. The fourth-order valence-corrected chi connectivity index (χ4v) is 5.14. The molecule has 0 N–H and O–H groups in total. The second-order valence-corrected chi connectivity index (χ2v) is 9.07. The summed E-state index contributed by atoms with van der Waals surface area (Å²) in [6, 6.07) is 31.1. The Morgan fingerprint density at radius 1 is 0.806 bits per heavy atom. The molecule has 1 aliphatic rings. The Hall–Kier alpha value is -2.56. The maximum absolute atomic E-state index is 13.3. The van der Waals surface area contributed by atoms with Crippen LogP contribution in [0.1, 0.15) is 23.1 Å². The smallest absolute Gasteiger partial charge is 0.227 e. The normalized spacial score (nSPS) is 18.5. The molecule has 3 aromatic rings. The highest BCUT2D eigenvalue weighted by atomic mass is 32.2. The number of carbonyl (C=O) groups is 1. The SMILES string of the molecule is O=C1C(CSCc2ccccc2)CC(COCc2ccccc2)N1Cc1ccccc1. The van der Waals surface area contributed by atoms with Gasteiger partial charge in [-0.25, -0.2) is 0 Å². The molecule has 31 heavy (non-hydrogen) atoms. The molecule has 1 fully saturated rings. The van der Waals surface area contributed by atoms with E-state index < -0.39 is 0 Å². The van der Waals surface area contributed by atoms with Gasteiger partial charge >= 0.3 is 0 Å². The fourth-order valence-electron chi connectivity index (χ4n) is 4.04. The molecular formula is C27H29NO2S. The van der Waals surface area contributed by atoms with E-state index >= 15 is 0 Å². The maximum Gasteiger partial charge on any atom is 0.227 e. The van der Waals surface area contributed by atoms with E-state index in [9.17, 15) is 4.79 Å². The highest BCUT2D eigenvalue weighted by Gasteiger charge is 2.39. The number of benzene rings is 3. The Morgan fingerprint density at radius 3 is 2.03 bits per heavy atom. The number of hydrogen-bond acceptors (Lipinski definition) is 3. The molecule has 0 radical (unpaired) electrons. The second kappa shape index (κ2) is 11.2. The lowest BCUT2D eigenvalue weighted by Gasteiger charge is -2.25. The van der Waals surface area contributed by atoms with Crippen LogP contribution in [-0.4, -0.2) is 29.2 Å². The van der Waals surface area contributed by atoms with Gasteiger partial charge in [0.1, 0.15) is 0 Å². The summed E-state index contributed by atoms with van der Waals surface area (Å²) < 4.78 is 6.04. The highest BCUT2D eigenvalue weighted by molar-refractivity contribution is 7.98. The van der Waals surface area contributed by atoms with E-state index in [4.69, 9.17) is 4.74 Å². The Bertz CT molecular complexity index is 933. The number of thioether (sulfide) groups is 1. The summed E-state index contributed by atoms with van der Waals surface area (Å²) in [7, 11) is 0. The van der Waals surface area contributed by atoms with Crippen molar-refractivity contribution in [3.63, 3.8) is 0 Å². The molecule has 0 aromatic heterocycles. The quantitative estimate of drug-likeness (QED) is 0.421. The van der Waals surface area contributed by atoms with Crippen LogP contribution in [0.5, 0.6) is 0 Å². The molecular weight excluding hydrogens is 402 g/mol. The Labute approximate surface area is 189 Å². The topological polar surface area (TPSA) is 29.5 Å². The van der Waals surface area contributed by atoms with Crippen molar-refractivity contribution in [2.75, 3.05) is 12.4 Å². The largest absolute Gasteiger partial charge is 0.375 e.